The second kappa shape index (κ2) is 12.0. The Balaban J connectivity index is 1.32. The van der Waals surface area contributed by atoms with Gasteiger partial charge in [0.25, 0.3) is 0 Å². The molecule has 198 valence electrons. The highest BCUT2D eigenvalue weighted by molar-refractivity contribution is 5.32. The van der Waals surface area contributed by atoms with Crippen LogP contribution in [0, 0.1) is 35.1 Å². The fourth-order valence-electron chi connectivity index (χ4n) is 6.45. The molecule has 0 spiro atoms. The summed E-state index contributed by atoms with van der Waals surface area (Å²) in [5.41, 5.74) is 1.18. The minimum Gasteiger partial charge on any atom is -0.505 e. The number of phenols is 1. The maximum Gasteiger partial charge on any atom is 0.200 e. The maximum absolute atomic E-state index is 15.2. The average Bonchev–Trinajstić information content (AvgIpc) is 2.89. The maximum atomic E-state index is 15.2. The summed E-state index contributed by atoms with van der Waals surface area (Å²) >= 11 is 0. The van der Waals surface area contributed by atoms with E-state index in [-0.39, 0.29) is 29.4 Å². The molecule has 0 heterocycles. The van der Waals surface area contributed by atoms with Crippen molar-refractivity contribution in [2.24, 2.45) is 11.8 Å². The molecule has 2 aromatic rings. The van der Waals surface area contributed by atoms with Crippen LogP contribution in [0.25, 0.3) is 0 Å². The van der Waals surface area contributed by atoms with Crippen molar-refractivity contribution < 1.29 is 27.8 Å². The van der Waals surface area contributed by atoms with Gasteiger partial charge in [-0.2, -0.15) is 4.39 Å². The number of aliphatic hydroxyl groups is 1. The Kier molecular flexibility index (Phi) is 8.97. The molecule has 1 unspecified atom stereocenters. The van der Waals surface area contributed by atoms with Gasteiger partial charge in [0, 0.05) is 0 Å². The first-order chi connectivity index (χ1) is 17.3. The lowest BCUT2D eigenvalue weighted by Gasteiger charge is -2.32. The molecule has 4 rings (SSSR count). The quantitative estimate of drug-likeness (QED) is 0.354. The molecule has 6 heteroatoms. The third-order valence-electron chi connectivity index (χ3n) is 8.73. The number of aryl methyl sites for hydroxylation is 1. The van der Waals surface area contributed by atoms with Crippen LogP contribution in [0.4, 0.5) is 17.6 Å². The summed E-state index contributed by atoms with van der Waals surface area (Å²) in [5, 5.41) is 19.6. The smallest absolute Gasteiger partial charge is 0.200 e. The number of aromatic hydroxyl groups is 1. The van der Waals surface area contributed by atoms with Gasteiger partial charge in [-0.3, -0.25) is 0 Å². The number of halogens is 4. The summed E-state index contributed by atoms with van der Waals surface area (Å²) in [5.74, 6) is -3.77. The third-order valence-corrected chi connectivity index (χ3v) is 8.73. The second-order valence-corrected chi connectivity index (χ2v) is 11.0. The molecule has 1 atom stereocenters. The first-order valence-corrected chi connectivity index (χ1v) is 13.6. The minimum absolute atomic E-state index is 0.000468. The van der Waals surface area contributed by atoms with E-state index >= 15 is 8.78 Å². The summed E-state index contributed by atoms with van der Waals surface area (Å²) in [6.45, 7) is 2.06. The molecule has 2 aliphatic rings. The summed E-state index contributed by atoms with van der Waals surface area (Å²) < 4.78 is 57.9. The van der Waals surface area contributed by atoms with Gasteiger partial charge < -0.3 is 10.2 Å². The summed E-state index contributed by atoms with van der Waals surface area (Å²) in [6.07, 6.45) is 8.92. The number of hydrogen-bond donors (Lipinski definition) is 2. The monoisotopic (exact) mass is 506 g/mol. The highest BCUT2D eigenvalue weighted by atomic mass is 19.2. The van der Waals surface area contributed by atoms with Gasteiger partial charge in [-0.15, -0.1) is 0 Å². The first-order valence-electron chi connectivity index (χ1n) is 13.6. The van der Waals surface area contributed by atoms with Crippen molar-refractivity contribution in [1.29, 1.82) is 0 Å². The predicted molar refractivity (Wildman–Crippen MR) is 133 cm³/mol. The van der Waals surface area contributed by atoms with E-state index in [0.717, 1.165) is 64.2 Å². The second-order valence-electron chi connectivity index (χ2n) is 11.0. The van der Waals surface area contributed by atoms with Crippen LogP contribution in [-0.4, -0.2) is 16.3 Å². The fourth-order valence-corrected chi connectivity index (χ4v) is 6.45. The Morgan fingerprint density at radius 2 is 1.31 bits per heavy atom. The summed E-state index contributed by atoms with van der Waals surface area (Å²) in [7, 11) is 0. The molecular formula is C30H38F4O2. The van der Waals surface area contributed by atoms with Crippen LogP contribution in [0.5, 0.6) is 5.75 Å². The summed E-state index contributed by atoms with van der Waals surface area (Å²) in [6, 6.07) is 6.13. The Morgan fingerprint density at radius 1 is 0.750 bits per heavy atom. The SMILES string of the molecule is CCCC(O)C1CCC(c2ccc(C3CCC(CCc4ccc(O)c(F)c4F)CC3)c(F)c2F)CC1. The van der Waals surface area contributed by atoms with Crippen LogP contribution in [-0.2, 0) is 6.42 Å². The van der Waals surface area contributed by atoms with E-state index in [2.05, 4.69) is 6.92 Å². The number of phenolic OH excluding ortho intramolecular Hbond substituents is 1. The van der Waals surface area contributed by atoms with Crippen molar-refractivity contribution in [1.82, 2.24) is 0 Å². The molecule has 0 aromatic heterocycles. The van der Waals surface area contributed by atoms with E-state index in [1.54, 1.807) is 12.1 Å². The fraction of sp³-hybridized carbons (Fsp3) is 0.600. The number of benzene rings is 2. The molecule has 0 bridgehead atoms. The van der Waals surface area contributed by atoms with Crippen molar-refractivity contribution >= 4 is 0 Å². The molecule has 2 aromatic carbocycles. The molecule has 0 radical (unpaired) electrons. The molecule has 0 amide bonds. The van der Waals surface area contributed by atoms with Gasteiger partial charge in [0.2, 0.25) is 5.82 Å². The van der Waals surface area contributed by atoms with Crippen LogP contribution in [0.1, 0.15) is 106 Å². The topological polar surface area (TPSA) is 40.5 Å². The normalized spacial score (nSPS) is 25.6. The zero-order valence-corrected chi connectivity index (χ0v) is 21.1. The molecule has 2 N–H and O–H groups in total. The lowest BCUT2D eigenvalue weighted by molar-refractivity contribution is 0.0727. The zero-order chi connectivity index (χ0) is 25.8. The number of rotatable bonds is 8. The highest BCUT2D eigenvalue weighted by Gasteiger charge is 2.31. The van der Waals surface area contributed by atoms with E-state index in [0.29, 0.717) is 29.9 Å². The first kappa shape index (κ1) is 27.0. The van der Waals surface area contributed by atoms with E-state index in [1.807, 2.05) is 0 Å². The Hall–Kier alpha value is -2.08. The summed E-state index contributed by atoms with van der Waals surface area (Å²) in [4.78, 5) is 0. The van der Waals surface area contributed by atoms with E-state index < -0.39 is 29.0 Å². The molecule has 2 nitrogen and oxygen atoms in total. The van der Waals surface area contributed by atoms with Gasteiger partial charge in [0.1, 0.15) is 0 Å². The molecule has 2 aliphatic carbocycles. The Bertz CT molecular complexity index is 1020. The van der Waals surface area contributed by atoms with Gasteiger partial charge in [-0.05, 0) is 117 Å². The van der Waals surface area contributed by atoms with Crippen molar-refractivity contribution in [2.75, 3.05) is 0 Å². The van der Waals surface area contributed by atoms with Crippen molar-refractivity contribution in [3.8, 4) is 5.75 Å². The lowest BCUT2D eigenvalue weighted by Crippen LogP contribution is -2.25. The van der Waals surface area contributed by atoms with Crippen LogP contribution in [0.15, 0.2) is 24.3 Å². The van der Waals surface area contributed by atoms with E-state index in [4.69, 9.17) is 0 Å². The van der Waals surface area contributed by atoms with Gasteiger partial charge in [0.05, 0.1) is 6.10 Å². The molecule has 0 saturated heterocycles. The highest BCUT2D eigenvalue weighted by Crippen LogP contribution is 2.43. The molecule has 36 heavy (non-hydrogen) atoms. The van der Waals surface area contributed by atoms with Gasteiger partial charge in [0.15, 0.2) is 23.2 Å². The molecular weight excluding hydrogens is 468 g/mol. The number of aliphatic hydroxyl groups excluding tert-OH is 1. The average molecular weight is 507 g/mol. The molecule has 2 saturated carbocycles. The van der Waals surface area contributed by atoms with Crippen molar-refractivity contribution in [3.05, 3.63) is 64.2 Å². The van der Waals surface area contributed by atoms with Crippen molar-refractivity contribution in [2.45, 2.75) is 102 Å². The largest absolute Gasteiger partial charge is 0.505 e. The minimum atomic E-state index is -1.21. The van der Waals surface area contributed by atoms with Crippen LogP contribution >= 0.6 is 0 Å². The van der Waals surface area contributed by atoms with Gasteiger partial charge in [-0.1, -0.05) is 31.5 Å². The molecule has 0 aliphatic heterocycles. The van der Waals surface area contributed by atoms with Gasteiger partial charge in [-0.25, -0.2) is 13.2 Å². The van der Waals surface area contributed by atoms with Crippen LogP contribution < -0.4 is 0 Å². The third kappa shape index (κ3) is 5.90. The number of hydrogen-bond acceptors (Lipinski definition) is 2. The zero-order valence-electron chi connectivity index (χ0n) is 21.1. The Labute approximate surface area is 211 Å². The molecule has 2 fully saturated rings. The Morgan fingerprint density at radius 3 is 1.86 bits per heavy atom. The van der Waals surface area contributed by atoms with Crippen molar-refractivity contribution in [3.63, 3.8) is 0 Å². The standard InChI is InChI=1S/C30H38F4O2/c1-2-3-25(35)21-12-10-20(11-13-21)24-16-15-23(28(32)29(24)33)19-7-4-18(5-8-19)6-9-22-14-17-26(36)30(34)27(22)31/h14-21,25,35-36H,2-13H2,1H3. The van der Waals surface area contributed by atoms with Crippen LogP contribution in [0.2, 0.25) is 0 Å². The lowest BCUT2D eigenvalue weighted by atomic mass is 9.74. The predicted octanol–water partition coefficient (Wildman–Crippen LogP) is 8.29. The van der Waals surface area contributed by atoms with Crippen LogP contribution in [0.3, 0.4) is 0 Å². The van der Waals surface area contributed by atoms with Gasteiger partial charge >= 0.3 is 0 Å². The van der Waals surface area contributed by atoms with E-state index in [1.165, 1.54) is 12.1 Å². The van der Waals surface area contributed by atoms with E-state index in [9.17, 15) is 19.0 Å².